The van der Waals surface area contributed by atoms with E-state index in [2.05, 4.69) is 4.98 Å². The van der Waals surface area contributed by atoms with Crippen molar-refractivity contribution >= 4 is 22.8 Å². The SMILES string of the molecule is CCc1c2c(nc3ccc(OCc4cnc([N+](=O)[O-])n4C)cc13)-c1cc3c(c(=O)n1C2)COC(=O)[C@]3(O)CC. The van der Waals surface area contributed by atoms with Gasteiger partial charge in [0.05, 0.1) is 36.1 Å². The molecular weight excluding hydrogens is 506 g/mol. The Bertz CT molecular complexity index is 1770. The fourth-order valence-corrected chi connectivity index (χ4v) is 5.53. The first-order valence-corrected chi connectivity index (χ1v) is 12.6. The van der Waals surface area contributed by atoms with Gasteiger partial charge in [-0.25, -0.2) is 14.3 Å². The van der Waals surface area contributed by atoms with E-state index in [4.69, 9.17) is 14.5 Å². The number of pyridine rings is 2. The van der Waals surface area contributed by atoms with E-state index >= 15 is 0 Å². The summed E-state index contributed by atoms with van der Waals surface area (Å²) in [5.41, 5.74) is 2.75. The van der Waals surface area contributed by atoms with E-state index in [0.717, 1.165) is 16.5 Å². The number of cyclic esters (lactones) is 1. The molecule has 6 rings (SSSR count). The van der Waals surface area contributed by atoms with Crippen molar-refractivity contribution in [1.29, 1.82) is 0 Å². The van der Waals surface area contributed by atoms with Gasteiger partial charge >= 0.3 is 11.9 Å². The number of imidazole rings is 1. The van der Waals surface area contributed by atoms with Gasteiger partial charge in [0.2, 0.25) is 0 Å². The third kappa shape index (κ3) is 3.55. The van der Waals surface area contributed by atoms with Crippen LogP contribution in [-0.4, -0.2) is 35.1 Å². The van der Waals surface area contributed by atoms with Crippen molar-refractivity contribution in [2.75, 3.05) is 0 Å². The number of benzene rings is 1. The number of esters is 1. The number of carbonyl (C=O) groups excluding carboxylic acids is 1. The van der Waals surface area contributed by atoms with E-state index in [9.17, 15) is 24.8 Å². The smallest absolute Gasteiger partial charge is 0.434 e. The van der Waals surface area contributed by atoms with Crippen LogP contribution in [0.5, 0.6) is 5.75 Å². The van der Waals surface area contributed by atoms with Gasteiger partial charge in [0.15, 0.2) is 11.3 Å². The highest BCUT2D eigenvalue weighted by Crippen LogP contribution is 2.40. The summed E-state index contributed by atoms with van der Waals surface area (Å²) in [7, 11) is 1.56. The van der Waals surface area contributed by atoms with Crippen LogP contribution in [0.1, 0.15) is 48.2 Å². The molecule has 0 radical (unpaired) electrons. The molecule has 5 heterocycles. The van der Waals surface area contributed by atoms with Crippen molar-refractivity contribution in [3.05, 3.63) is 78.9 Å². The number of carbonyl (C=O) groups is 1. The molecule has 4 aromatic rings. The number of hydrogen-bond acceptors (Lipinski definition) is 9. The standard InChI is InChI=1S/C27H25N5O7/c1-4-16-17-8-15(38-12-14-10-28-26(30(14)3)32(36)37)6-7-21(17)29-23-18(16)11-31-22(23)9-20-19(24(31)33)13-39-25(34)27(20,35)5-2/h6-10,35H,4-5,11-13H2,1-3H3/t27-/m0/s1. The number of aryl methyl sites for hydroxylation is 1. The van der Waals surface area contributed by atoms with Crippen molar-refractivity contribution in [1.82, 2.24) is 19.1 Å². The number of nitro groups is 1. The molecule has 0 aliphatic carbocycles. The highest BCUT2D eigenvalue weighted by molar-refractivity contribution is 5.90. The number of aromatic nitrogens is 4. The van der Waals surface area contributed by atoms with E-state index in [1.165, 1.54) is 10.8 Å². The number of ether oxygens (including phenoxy) is 2. The molecule has 1 atom stereocenters. The minimum Gasteiger partial charge on any atom is -0.486 e. The lowest BCUT2D eigenvalue weighted by molar-refractivity contribution is -0.396. The minimum atomic E-state index is -1.88. The topological polar surface area (TPSA) is 152 Å². The first-order chi connectivity index (χ1) is 18.7. The molecule has 0 saturated carbocycles. The summed E-state index contributed by atoms with van der Waals surface area (Å²) in [5, 5.41) is 23.0. The quantitative estimate of drug-likeness (QED) is 0.198. The molecule has 1 aromatic carbocycles. The van der Waals surface area contributed by atoms with Crippen LogP contribution in [0.25, 0.3) is 22.3 Å². The Labute approximate surface area is 221 Å². The maximum absolute atomic E-state index is 13.5. The second-order valence-corrected chi connectivity index (χ2v) is 9.71. The summed E-state index contributed by atoms with van der Waals surface area (Å²) in [6, 6.07) is 7.18. The summed E-state index contributed by atoms with van der Waals surface area (Å²) < 4.78 is 14.1. The van der Waals surface area contributed by atoms with Crippen molar-refractivity contribution < 1.29 is 24.3 Å². The largest absolute Gasteiger partial charge is 0.486 e. The number of aliphatic hydroxyl groups is 1. The maximum atomic E-state index is 13.5. The predicted molar refractivity (Wildman–Crippen MR) is 138 cm³/mol. The second-order valence-electron chi connectivity index (χ2n) is 9.71. The molecular formula is C27H25N5O7. The Morgan fingerprint density at radius 2 is 2.03 bits per heavy atom. The molecule has 39 heavy (non-hydrogen) atoms. The fourth-order valence-electron chi connectivity index (χ4n) is 5.53. The summed E-state index contributed by atoms with van der Waals surface area (Å²) in [5.74, 6) is -0.450. The van der Waals surface area contributed by atoms with Gasteiger partial charge in [-0.05, 0) is 47.6 Å². The first kappa shape index (κ1) is 24.7. The maximum Gasteiger partial charge on any atom is 0.434 e. The van der Waals surface area contributed by atoms with Gasteiger partial charge in [-0.15, -0.1) is 0 Å². The Kier molecular flexibility index (Phi) is 5.54. The van der Waals surface area contributed by atoms with Crippen LogP contribution < -0.4 is 10.3 Å². The van der Waals surface area contributed by atoms with Gasteiger partial charge in [-0.2, -0.15) is 0 Å². The zero-order chi connectivity index (χ0) is 27.6. The molecule has 0 amide bonds. The molecule has 0 spiro atoms. The van der Waals surface area contributed by atoms with Crippen molar-refractivity contribution in [3.8, 4) is 17.1 Å². The Hall–Kier alpha value is -4.58. The molecule has 0 bridgehead atoms. The summed E-state index contributed by atoms with van der Waals surface area (Å²) >= 11 is 0. The van der Waals surface area contributed by atoms with Crippen LogP contribution in [0.15, 0.2) is 35.3 Å². The van der Waals surface area contributed by atoms with Crippen molar-refractivity contribution in [2.45, 2.75) is 52.0 Å². The fraction of sp³-hybridized carbons (Fsp3) is 0.333. The number of rotatable bonds is 6. The van der Waals surface area contributed by atoms with E-state index in [1.807, 2.05) is 19.1 Å². The lowest BCUT2D eigenvalue weighted by Crippen LogP contribution is -2.44. The Morgan fingerprint density at radius 1 is 1.23 bits per heavy atom. The Balaban J connectivity index is 1.42. The van der Waals surface area contributed by atoms with Crippen LogP contribution in [0.4, 0.5) is 5.95 Å². The zero-order valence-corrected chi connectivity index (χ0v) is 21.6. The highest BCUT2D eigenvalue weighted by atomic mass is 16.6. The van der Waals surface area contributed by atoms with Crippen molar-refractivity contribution in [2.24, 2.45) is 7.05 Å². The van der Waals surface area contributed by atoms with Gasteiger partial charge in [0.1, 0.15) is 25.2 Å². The summed E-state index contributed by atoms with van der Waals surface area (Å²) in [6.07, 6.45) is 2.16. The van der Waals surface area contributed by atoms with Crippen LogP contribution in [0.2, 0.25) is 0 Å². The van der Waals surface area contributed by atoms with Gasteiger partial charge in [-0.3, -0.25) is 4.79 Å². The number of nitrogens with zero attached hydrogens (tertiary/aromatic N) is 5. The molecule has 2 aliphatic heterocycles. The molecule has 1 N–H and O–H groups in total. The van der Waals surface area contributed by atoms with E-state index in [1.54, 1.807) is 30.7 Å². The molecule has 200 valence electrons. The third-order valence-electron chi connectivity index (χ3n) is 7.74. The number of fused-ring (bicyclic) bond motifs is 5. The molecule has 12 nitrogen and oxygen atoms in total. The van der Waals surface area contributed by atoms with Gasteiger partial charge in [0, 0.05) is 16.5 Å². The summed E-state index contributed by atoms with van der Waals surface area (Å²) in [6.45, 7) is 3.92. The number of hydrogen-bond donors (Lipinski definition) is 1. The zero-order valence-electron chi connectivity index (χ0n) is 21.6. The minimum absolute atomic E-state index is 0.0783. The predicted octanol–water partition coefficient (Wildman–Crippen LogP) is 2.86. The Morgan fingerprint density at radius 3 is 2.72 bits per heavy atom. The van der Waals surface area contributed by atoms with Gasteiger partial charge in [0.25, 0.3) is 5.56 Å². The van der Waals surface area contributed by atoms with Gasteiger partial charge < -0.3 is 29.3 Å². The first-order valence-electron chi connectivity index (χ1n) is 12.6. The van der Waals surface area contributed by atoms with Crippen LogP contribution in [0, 0.1) is 10.1 Å². The van der Waals surface area contributed by atoms with Crippen LogP contribution in [0.3, 0.4) is 0 Å². The summed E-state index contributed by atoms with van der Waals surface area (Å²) in [4.78, 5) is 45.1. The molecule has 12 heteroatoms. The molecule has 2 aliphatic rings. The molecule has 0 fully saturated rings. The monoisotopic (exact) mass is 531 g/mol. The molecule has 0 saturated heterocycles. The molecule has 0 unspecified atom stereocenters. The highest BCUT2D eigenvalue weighted by Gasteiger charge is 2.45. The normalized spacial score (nSPS) is 17.5. The molecule has 3 aromatic heterocycles. The average Bonchev–Trinajstić information content (AvgIpc) is 3.48. The second kappa shape index (κ2) is 8.73. The van der Waals surface area contributed by atoms with Gasteiger partial charge in [-0.1, -0.05) is 18.8 Å². The average molecular weight is 532 g/mol. The van der Waals surface area contributed by atoms with Crippen LogP contribution >= 0.6 is 0 Å². The lowest BCUT2D eigenvalue weighted by Gasteiger charge is -2.31. The van der Waals surface area contributed by atoms with E-state index < -0.39 is 16.5 Å². The third-order valence-corrected chi connectivity index (χ3v) is 7.74. The lowest BCUT2D eigenvalue weighted by atomic mass is 9.86. The van der Waals surface area contributed by atoms with E-state index in [-0.39, 0.29) is 42.3 Å². The van der Waals surface area contributed by atoms with Crippen molar-refractivity contribution in [3.63, 3.8) is 0 Å². The van der Waals surface area contributed by atoms with E-state index in [0.29, 0.717) is 41.3 Å². The van der Waals surface area contributed by atoms with Crippen LogP contribution in [-0.2, 0) is 48.4 Å².